The largest absolute Gasteiger partial charge is 0.503 e. The summed E-state index contributed by atoms with van der Waals surface area (Å²) in [5, 5.41) is 9.73. The predicted octanol–water partition coefficient (Wildman–Crippen LogP) is 2.83. The molecule has 1 aromatic carbocycles. The van der Waals surface area contributed by atoms with Gasteiger partial charge in [0.1, 0.15) is 0 Å². The number of hydrogen-bond acceptors (Lipinski definition) is 3. The summed E-state index contributed by atoms with van der Waals surface area (Å²) >= 11 is 3.31. The van der Waals surface area contributed by atoms with Gasteiger partial charge in [-0.3, -0.25) is 0 Å². The molecule has 90 valence electrons. The highest BCUT2D eigenvalue weighted by molar-refractivity contribution is 9.10. The highest BCUT2D eigenvalue weighted by Crippen LogP contribution is 2.35. The normalized spacial score (nSPS) is 12.5. The van der Waals surface area contributed by atoms with E-state index < -0.39 is 0 Å². The van der Waals surface area contributed by atoms with Crippen molar-refractivity contribution in [3.8, 4) is 11.5 Å². The molecule has 3 nitrogen and oxygen atoms in total. The number of aryl methyl sites for hydroxylation is 1. The summed E-state index contributed by atoms with van der Waals surface area (Å²) in [5.74, 6) is 0.683. The number of halogens is 1. The summed E-state index contributed by atoms with van der Waals surface area (Å²) in [6, 6.07) is 3.95. The fraction of sp³-hybridized carbons (Fsp3) is 0.500. The van der Waals surface area contributed by atoms with Gasteiger partial charge in [0.2, 0.25) is 0 Å². The maximum atomic E-state index is 9.73. The van der Waals surface area contributed by atoms with Crippen molar-refractivity contribution in [3.63, 3.8) is 0 Å². The van der Waals surface area contributed by atoms with E-state index in [1.165, 1.54) is 0 Å². The average Bonchev–Trinajstić information content (AvgIpc) is 2.22. The predicted molar refractivity (Wildman–Crippen MR) is 68.9 cm³/mol. The summed E-state index contributed by atoms with van der Waals surface area (Å²) in [6.07, 6.45) is 1.80. The SMILES string of the molecule is CCOc1cc(CC[C@H](C)N)cc(Br)c1O. The summed E-state index contributed by atoms with van der Waals surface area (Å²) in [6.45, 7) is 4.41. The van der Waals surface area contributed by atoms with Gasteiger partial charge in [-0.2, -0.15) is 0 Å². The van der Waals surface area contributed by atoms with E-state index in [1.54, 1.807) is 0 Å². The first-order chi connectivity index (χ1) is 7.54. The van der Waals surface area contributed by atoms with Gasteiger partial charge in [0.25, 0.3) is 0 Å². The molecule has 16 heavy (non-hydrogen) atoms. The lowest BCUT2D eigenvalue weighted by molar-refractivity contribution is 0.317. The zero-order valence-corrected chi connectivity index (χ0v) is 11.3. The van der Waals surface area contributed by atoms with E-state index in [4.69, 9.17) is 10.5 Å². The third-order valence-corrected chi connectivity index (χ3v) is 2.88. The second-order valence-electron chi connectivity index (χ2n) is 3.87. The second kappa shape index (κ2) is 6.11. The van der Waals surface area contributed by atoms with Crippen molar-refractivity contribution in [1.82, 2.24) is 0 Å². The van der Waals surface area contributed by atoms with Crippen LogP contribution in [-0.4, -0.2) is 17.8 Å². The van der Waals surface area contributed by atoms with Crippen molar-refractivity contribution >= 4 is 15.9 Å². The van der Waals surface area contributed by atoms with E-state index in [0.717, 1.165) is 18.4 Å². The Hall–Kier alpha value is -0.740. The molecular weight excluding hydrogens is 270 g/mol. The topological polar surface area (TPSA) is 55.5 Å². The molecule has 0 fully saturated rings. The van der Waals surface area contributed by atoms with E-state index in [-0.39, 0.29) is 11.8 Å². The molecule has 0 saturated heterocycles. The van der Waals surface area contributed by atoms with E-state index in [2.05, 4.69) is 15.9 Å². The molecule has 1 rings (SSSR count). The third-order valence-electron chi connectivity index (χ3n) is 2.28. The van der Waals surface area contributed by atoms with Crippen LogP contribution in [0.2, 0.25) is 0 Å². The highest BCUT2D eigenvalue weighted by Gasteiger charge is 2.09. The van der Waals surface area contributed by atoms with Gasteiger partial charge in [0.05, 0.1) is 11.1 Å². The van der Waals surface area contributed by atoms with Gasteiger partial charge in [-0.25, -0.2) is 0 Å². The summed E-state index contributed by atoms with van der Waals surface area (Å²) < 4.78 is 6.02. The van der Waals surface area contributed by atoms with Crippen LogP contribution in [-0.2, 0) is 6.42 Å². The zero-order valence-electron chi connectivity index (χ0n) is 9.66. The monoisotopic (exact) mass is 287 g/mol. The number of nitrogens with two attached hydrogens (primary N) is 1. The van der Waals surface area contributed by atoms with Crippen LogP contribution in [0.4, 0.5) is 0 Å². The molecule has 0 amide bonds. The van der Waals surface area contributed by atoms with Crippen LogP contribution in [0.5, 0.6) is 11.5 Å². The minimum Gasteiger partial charge on any atom is -0.503 e. The number of hydrogen-bond donors (Lipinski definition) is 2. The van der Waals surface area contributed by atoms with Crippen molar-refractivity contribution < 1.29 is 9.84 Å². The average molecular weight is 288 g/mol. The third kappa shape index (κ3) is 3.68. The molecule has 0 aliphatic rings. The van der Waals surface area contributed by atoms with Crippen LogP contribution in [0.3, 0.4) is 0 Å². The van der Waals surface area contributed by atoms with Crippen molar-refractivity contribution in [2.75, 3.05) is 6.61 Å². The Kier molecular flexibility index (Phi) is 5.09. The number of rotatable bonds is 5. The van der Waals surface area contributed by atoms with Gasteiger partial charge in [-0.05, 0) is 60.3 Å². The standard InChI is InChI=1S/C12H18BrNO2/c1-3-16-11-7-9(5-4-8(2)14)6-10(13)12(11)15/h6-8,15H,3-5,14H2,1-2H3/t8-/m0/s1. The van der Waals surface area contributed by atoms with Crippen molar-refractivity contribution in [3.05, 3.63) is 22.2 Å². The maximum Gasteiger partial charge on any atom is 0.172 e. The molecule has 0 bridgehead atoms. The molecule has 0 aliphatic carbocycles. The number of ether oxygens (including phenoxy) is 1. The number of phenols is 1. The molecule has 0 radical (unpaired) electrons. The van der Waals surface area contributed by atoms with Crippen LogP contribution in [0.1, 0.15) is 25.8 Å². The summed E-state index contributed by atoms with van der Waals surface area (Å²) in [5.41, 5.74) is 6.83. The molecule has 0 unspecified atom stereocenters. The lowest BCUT2D eigenvalue weighted by Crippen LogP contribution is -2.15. The van der Waals surface area contributed by atoms with Crippen molar-refractivity contribution in [2.45, 2.75) is 32.7 Å². The van der Waals surface area contributed by atoms with Crippen LogP contribution in [0.25, 0.3) is 0 Å². The molecule has 0 aromatic heterocycles. The van der Waals surface area contributed by atoms with Gasteiger partial charge >= 0.3 is 0 Å². The Morgan fingerprint density at radius 2 is 2.19 bits per heavy atom. The van der Waals surface area contributed by atoms with E-state index in [9.17, 15) is 5.11 Å². The Labute approximate surface area is 105 Å². The van der Waals surface area contributed by atoms with Crippen LogP contribution in [0.15, 0.2) is 16.6 Å². The molecule has 0 aliphatic heterocycles. The van der Waals surface area contributed by atoms with E-state index in [0.29, 0.717) is 16.8 Å². The van der Waals surface area contributed by atoms with E-state index >= 15 is 0 Å². The smallest absolute Gasteiger partial charge is 0.172 e. The molecule has 1 atom stereocenters. The van der Waals surface area contributed by atoms with Crippen LogP contribution < -0.4 is 10.5 Å². The van der Waals surface area contributed by atoms with Gasteiger partial charge in [-0.1, -0.05) is 0 Å². The molecule has 0 heterocycles. The number of aromatic hydroxyl groups is 1. The fourth-order valence-corrected chi connectivity index (χ4v) is 1.92. The maximum absolute atomic E-state index is 9.73. The van der Waals surface area contributed by atoms with Gasteiger partial charge in [0, 0.05) is 6.04 Å². The summed E-state index contributed by atoms with van der Waals surface area (Å²) in [7, 11) is 0. The van der Waals surface area contributed by atoms with Gasteiger partial charge in [-0.15, -0.1) is 0 Å². The minimum atomic E-state index is 0.159. The first-order valence-corrected chi connectivity index (χ1v) is 6.23. The molecule has 0 spiro atoms. The van der Waals surface area contributed by atoms with Crippen molar-refractivity contribution in [2.24, 2.45) is 5.73 Å². The highest BCUT2D eigenvalue weighted by atomic mass is 79.9. The molecule has 4 heteroatoms. The van der Waals surface area contributed by atoms with Gasteiger partial charge < -0.3 is 15.6 Å². The minimum absolute atomic E-state index is 0.159. The molecule has 3 N–H and O–H groups in total. The molecule has 0 saturated carbocycles. The Morgan fingerprint density at radius 1 is 1.50 bits per heavy atom. The first kappa shape index (κ1) is 13.3. The molecule has 1 aromatic rings. The Balaban J connectivity index is 2.86. The van der Waals surface area contributed by atoms with Gasteiger partial charge in [0.15, 0.2) is 11.5 Å². The van der Waals surface area contributed by atoms with E-state index in [1.807, 2.05) is 26.0 Å². The first-order valence-electron chi connectivity index (χ1n) is 5.44. The lowest BCUT2D eigenvalue weighted by Gasteiger charge is -2.11. The Morgan fingerprint density at radius 3 is 2.75 bits per heavy atom. The number of phenolic OH excluding ortho intramolecular Hbond substituents is 1. The quantitative estimate of drug-likeness (QED) is 0.876. The fourth-order valence-electron chi connectivity index (χ4n) is 1.43. The summed E-state index contributed by atoms with van der Waals surface area (Å²) in [4.78, 5) is 0. The number of benzene rings is 1. The Bertz CT molecular complexity index is 353. The van der Waals surface area contributed by atoms with Crippen LogP contribution >= 0.6 is 15.9 Å². The molecular formula is C12H18BrNO2. The zero-order chi connectivity index (χ0) is 12.1. The van der Waals surface area contributed by atoms with Crippen LogP contribution in [0, 0.1) is 0 Å². The lowest BCUT2D eigenvalue weighted by atomic mass is 10.1. The van der Waals surface area contributed by atoms with Crippen molar-refractivity contribution in [1.29, 1.82) is 0 Å². The second-order valence-corrected chi connectivity index (χ2v) is 4.73.